The molecule has 5 nitrogen and oxygen atoms in total. The first-order chi connectivity index (χ1) is 10.3. The normalized spacial score (nSPS) is 10.3. The minimum atomic E-state index is -0.307. The number of benzene rings is 1. The van der Waals surface area contributed by atoms with E-state index in [-0.39, 0.29) is 11.5 Å². The molecule has 0 radical (unpaired) electrons. The summed E-state index contributed by atoms with van der Waals surface area (Å²) in [6, 6.07) is 11.8. The van der Waals surface area contributed by atoms with Crippen LogP contribution in [0.5, 0.6) is 0 Å². The number of nitriles is 1. The summed E-state index contributed by atoms with van der Waals surface area (Å²) in [4.78, 5) is 3.95. The van der Waals surface area contributed by atoms with Crippen molar-refractivity contribution in [2.24, 2.45) is 0 Å². The van der Waals surface area contributed by atoms with Gasteiger partial charge >= 0.3 is 0 Å². The summed E-state index contributed by atoms with van der Waals surface area (Å²) in [5.41, 5.74) is 2.38. The van der Waals surface area contributed by atoms with Gasteiger partial charge in [0, 0.05) is 18.0 Å². The van der Waals surface area contributed by atoms with Gasteiger partial charge in [-0.2, -0.15) is 5.26 Å². The van der Waals surface area contributed by atoms with Gasteiger partial charge in [-0.15, -0.1) is 5.10 Å². The molecule has 2 heterocycles. The predicted octanol–water partition coefficient (Wildman–Crippen LogP) is 2.40. The van der Waals surface area contributed by atoms with Gasteiger partial charge in [0.25, 0.3) is 0 Å². The van der Waals surface area contributed by atoms with Crippen molar-refractivity contribution in [3.63, 3.8) is 0 Å². The summed E-state index contributed by atoms with van der Waals surface area (Å²) in [6.07, 6.45) is 3.27. The van der Waals surface area contributed by atoms with Crippen LogP contribution in [0.2, 0.25) is 0 Å². The Morgan fingerprint density at radius 1 is 1.19 bits per heavy atom. The van der Waals surface area contributed by atoms with Gasteiger partial charge in [0.15, 0.2) is 5.69 Å². The van der Waals surface area contributed by atoms with E-state index in [2.05, 4.69) is 15.3 Å². The monoisotopic (exact) mass is 279 g/mol. The maximum atomic E-state index is 13.3. The van der Waals surface area contributed by atoms with Crippen LogP contribution in [0.1, 0.15) is 11.3 Å². The molecule has 3 rings (SSSR count). The fourth-order valence-electron chi connectivity index (χ4n) is 2.10. The SMILES string of the molecule is N#Cc1nnn(Cc2cccc(F)c2)c1-c1ccncc1. The maximum Gasteiger partial charge on any atom is 0.190 e. The molecule has 0 saturated carbocycles. The number of halogens is 1. The lowest BCUT2D eigenvalue weighted by atomic mass is 10.1. The van der Waals surface area contributed by atoms with Crippen molar-refractivity contribution < 1.29 is 4.39 Å². The Hall–Kier alpha value is -3.07. The van der Waals surface area contributed by atoms with Crippen molar-refractivity contribution in [1.82, 2.24) is 20.0 Å². The summed E-state index contributed by atoms with van der Waals surface area (Å²) in [5.74, 6) is -0.307. The molecule has 102 valence electrons. The molecule has 0 spiro atoms. The molecule has 0 aliphatic heterocycles. The van der Waals surface area contributed by atoms with Gasteiger partial charge in [-0.3, -0.25) is 4.98 Å². The number of aromatic nitrogens is 4. The van der Waals surface area contributed by atoms with Gasteiger partial charge in [-0.25, -0.2) is 9.07 Å². The first kappa shape index (κ1) is 12.9. The van der Waals surface area contributed by atoms with E-state index in [9.17, 15) is 4.39 Å². The molecule has 21 heavy (non-hydrogen) atoms. The average molecular weight is 279 g/mol. The fraction of sp³-hybridized carbons (Fsp3) is 0.0667. The molecule has 6 heteroatoms. The standard InChI is InChI=1S/C15H10FN5/c16-13-3-1-2-11(8-13)10-21-15(14(9-17)19-20-21)12-4-6-18-7-5-12/h1-8H,10H2. The Labute approximate surface area is 120 Å². The zero-order chi connectivity index (χ0) is 14.7. The lowest BCUT2D eigenvalue weighted by Gasteiger charge is -2.06. The third-order valence-corrected chi connectivity index (χ3v) is 3.02. The van der Waals surface area contributed by atoms with Crippen molar-refractivity contribution in [1.29, 1.82) is 5.26 Å². The quantitative estimate of drug-likeness (QED) is 0.738. The molecule has 0 aliphatic carbocycles. The van der Waals surface area contributed by atoms with Crippen LogP contribution in [0.3, 0.4) is 0 Å². The number of hydrogen-bond donors (Lipinski definition) is 0. The van der Waals surface area contributed by atoms with Crippen LogP contribution in [0.4, 0.5) is 4.39 Å². The lowest BCUT2D eigenvalue weighted by molar-refractivity contribution is 0.615. The topological polar surface area (TPSA) is 67.4 Å². The molecule has 0 unspecified atom stereocenters. The number of nitrogens with zero attached hydrogens (tertiary/aromatic N) is 5. The molecular weight excluding hydrogens is 269 g/mol. The van der Waals surface area contributed by atoms with Gasteiger partial charge in [0.2, 0.25) is 0 Å². The zero-order valence-electron chi connectivity index (χ0n) is 10.9. The highest BCUT2D eigenvalue weighted by molar-refractivity contribution is 5.64. The summed E-state index contributed by atoms with van der Waals surface area (Å²) in [5, 5.41) is 17.0. The van der Waals surface area contributed by atoms with Gasteiger partial charge in [-0.05, 0) is 29.8 Å². The molecule has 0 amide bonds. The fourth-order valence-corrected chi connectivity index (χ4v) is 2.10. The van der Waals surface area contributed by atoms with E-state index in [1.807, 2.05) is 6.07 Å². The van der Waals surface area contributed by atoms with Crippen LogP contribution in [-0.2, 0) is 6.54 Å². The first-order valence-corrected chi connectivity index (χ1v) is 6.26. The summed E-state index contributed by atoms with van der Waals surface area (Å²) in [7, 11) is 0. The van der Waals surface area contributed by atoms with E-state index >= 15 is 0 Å². The second-order valence-corrected chi connectivity index (χ2v) is 4.42. The Morgan fingerprint density at radius 2 is 2.00 bits per heavy atom. The molecule has 0 atom stereocenters. The summed E-state index contributed by atoms with van der Waals surface area (Å²) < 4.78 is 14.8. The van der Waals surface area contributed by atoms with E-state index in [0.717, 1.165) is 11.1 Å². The van der Waals surface area contributed by atoms with Crippen molar-refractivity contribution in [3.05, 3.63) is 65.9 Å². The highest BCUT2D eigenvalue weighted by Gasteiger charge is 2.15. The third-order valence-electron chi connectivity index (χ3n) is 3.02. The van der Waals surface area contributed by atoms with Gasteiger partial charge in [0.1, 0.15) is 17.6 Å². The Morgan fingerprint density at radius 3 is 2.71 bits per heavy atom. The molecule has 0 fully saturated rings. The van der Waals surface area contributed by atoms with E-state index in [0.29, 0.717) is 12.2 Å². The minimum absolute atomic E-state index is 0.234. The van der Waals surface area contributed by atoms with Gasteiger partial charge in [0.05, 0.1) is 6.54 Å². The average Bonchev–Trinajstić information content (AvgIpc) is 2.91. The minimum Gasteiger partial charge on any atom is -0.265 e. The molecule has 1 aromatic carbocycles. The van der Waals surface area contributed by atoms with Crippen molar-refractivity contribution in [2.75, 3.05) is 0 Å². The first-order valence-electron chi connectivity index (χ1n) is 6.26. The molecule has 0 aliphatic rings. The Balaban J connectivity index is 2.04. The number of hydrogen-bond acceptors (Lipinski definition) is 4. The Bertz CT molecular complexity index is 804. The van der Waals surface area contributed by atoms with Crippen molar-refractivity contribution >= 4 is 0 Å². The lowest BCUT2D eigenvalue weighted by Crippen LogP contribution is -2.04. The summed E-state index contributed by atoms with van der Waals surface area (Å²) >= 11 is 0. The van der Waals surface area contributed by atoms with Crippen LogP contribution in [-0.4, -0.2) is 20.0 Å². The predicted molar refractivity (Wildman–Crippen MR) is 73.5 cm³/mol. The highest BCUT2D eigenvalue weighted by Crippen LogP contribution is 2.22. The van der Waals surface area contributed by atoms with Crippen LogP contribution in [0.15, 0.2) is 48.8 Å². The van der Waals surface area contributed by atoms with Crippen molar-refractivity contribution in [3.8, 4) is 17.3 Å². The largest absolute Gasteiger partial charge is 0.265 e. The van der Waals surface area contributed by atoms with Crippen LogP contribution >= 0.6 is 0 Å². The molecule has 3 aromatic rings. The third kappa shape index (κ3) is 2.62. The van der Waals surface area contributed by atoms with E-state index in [1.165, 1.54) is 12.1 Å². The molecule has 2 aromatic heterocycles. The molecule has 0 saturated heterocycles. The van der Waals surface area contributed by atoms with E-state index < -0.39 is 0 Å². The van der Waals surface area contributed by atoms with Gasteiger partial charge in [-0.1, -0.05) is 17.3 Å². The van der Waals surface area contributed by atoms with Crippen LogP contribution in [0.25, 0.3) is 11.3 Å². The van der Waals surface area contributed by atoms with E-state index in [1.54, 1.807) is 41.3 Å². The second-order valence-electron chi connectivity index (χ2n) is 4.42. The Kier molecular flexibility index (Phi) is 3.39. The van der Waals surface area contributed by atoms with E-state index in [4.69, 9.17) is 5.26 Å². The molecule has 0 N–H and O–H groups in total. The number of rotatable bonds is 3. The van der Waals surface area contributed by atoms with Gasteiger partial charge < -0.3 is 0 Å². The molecular formula is C15H10FN5. The highest BCUT2D eigenvalue weighted by atomic mass is 19.1. The summed E-state index contributed by atoms with van der Waals surface area (Å²) in [6.45, 7) is 0.337. The van der Waals surface area contributed by atoms with Crippen molar-refractivity contribution in [2.45, 2.75) is 6.54 Å². The van der Waals surface area contributed by atoms with Crippen LogP contribution in [0, 0.1) is 17.1 Å². The zero-order valence-corrected chi connectivity index (χ0v) is 10.9. The second kappa shape index (κ2) is 5.51. The maximum absolute atomic E-state index is 13.3. The molecule has 0 bridgehead atoms. The number of pyridine rings is 1. The van der Waals surface area contributed by atoms with Crippen LogP contribution < -0.4 is 0 Å². The smallest absolute Gasteiger partial charge is 0.190 e.